The molecule has 1 heterocycles. The highest BCUT2D eigenvalue weighted by molar-refractivity contribution is 7.09. The third kappa shape index (κ3) is 1.96. The van der Waals surface area contributed by atoms with E-state index >= 15 is 0 Å². The normalized spacial score (nSPS) is 10.4. The molecule has 18 heavy (non-hydrogen) atoms. The van der Waals surface area contributed by atoms with Gasteiger partial charge in [0, 0.05) is 17.1 Å². The molecular weight excluding hydrogens is 246 g/mol. The van der Waals surface area contributed by atoms with E-state index in [-0.39, 0.29) is 5.91 Å². The average molecular weight is 255 g/mol. The molecule has 2 aromatic carbocycles. The Bertz CT molecular complexity index is 689. The zero-order valence-electron chi connectivity index (χ0n) is 9.33. The van der Waals surface area contributed by atoms with Crippen molar-refractivity contribution >= 4 is 33.3 Å². The second-order valence-corrected chi connectivity index (χ2v) is 4.51. The van der Waals surface area contributed by atoms with Crippen LogP contribution in [0.5, 0.6) is 0 Å². The SMILES string of the molecule is O=C(Nc1ncns1)c1cccc2ccccc12. The Hall–Kier alpha value is -2.27. The van der Waals surface area contributed by atoms with Crippen molar-refractivity contribution in [1.82, 2.24) is 9.36 Å². The minimum absolute atomic E-state index is 0.163. The summed E-state index contributed by atoms with van der Waals surface area (Å²) in [6.07, 6.45) is 1.42. The molecule has 1 amide bonds. The Morgan fingerprint density at radius 1 is 1.11 bits per heavy atom. The standard InChI is InChI=1S/C13H9N3OS/c17-12(16-13-14-8-15-18-13)11-7-3-5-9-4-1-2-6-10(9)11/h1-8H,(H,14,15,16,17). The second-order valence-electron chi connectivity index (χ2n) is 3.73. The first-order valence-electron chi connectivity index (χ1n) is 5.40. The molecule has 88 valence electrons. The number of hydrogen-bond acceptors (Lipinski definition) is 4. The van der Waals surface area contributed by atoms with Crippen LogP contribution in [0.4, 0.5) is 5.13 Å². The van der Waals surface area contributed by atoms with Gasteiger partial charge in [-0.15, -0.1) is 0 Å². The minimum atomic E-state index is -0.163. The van der Waals surface area contributed by atoms with Gasteiger partial charge in [-0.25, -0.2) is 4.98 Å². The van der Waals surface area contributed by atoms with Crippen LogP contribution in [-0.4, -0.2) is 15.3 Å². The fraction of sp³-hybridized carbons (Fsp3) is 0. The summed E-state index contributed by atoms with van der Waals surface area (Å²) < 4.78 is 3.85. The van der Waals surface area contributed by atoms with Crippen molar-refractivity contribution in [3.8, 4) is 0 Å². The van der Waals surface area contributed by atoms with Crippen molar-refractivity contribution in [1.29, 1.82) is 0 Å². The lowest BCUT2D eigenvalue weighted by molar-refractivity contribution is 0.102. The monoisotopic (exact) mass is 255 g/mol. The average Bonchev–Trinajstić information content (AvgIpc) is 2.91. The van der Waals surface area contributed by atoms with Gasteiger partial charge in [0.1, 0.15) is 6.33 Å². The Morgan fingerprint density at radius 2 is 1.94 bits per heavy atom. The first kappa shape index (κ1) is 10.9. The second kappa shape index (κ2) is 4.54. The Balaban J connectivity index is 2.01. The molecule has 3 rings (SSSR count). The van der Waals surface area contributed by atoms with Crippen molar-refractivity contribution in [2.75, 3.05) is 5.32 Å². The maximum atomic E-state index is 12.2. The molecule has 0 aliphatic heterocycles. The number of rotatable bonds is 2. The molecule has 0 aliphatic carbocycles. The highest BCUT2D eigenvalue weighted by Gasteiger charge is 2.10. The van der Waals surface area contributed by atoms with Crippen LogP contribution < -0.4 is 5.32 Å². The first-order valence-corrected chi connectivity index (χ1v) is 6.18. The summed E-state index contributed by atoms with van der Waals surface area (Å²) in [4.78, 5) is 16.1. The van der Waals surface area contributed by atoms with Crippen molar-refractivity contribution in [3.05, 3.63) is 54.4 Å². The summed E-state index contributed by atoms with van der Waals surface area (Å²) in [5, 5.41) is 5.22. The number of benzene rings is 2. The number of hydrogen-bond donors (Lipinski definition) is 1. The smallest absolute Gasteiger partial charge is 0.258 e. The molecule has 4 nitrogen and oxygen atoms in total. The van der Waals surface area contributed by atoms with Gasteiger partial charge in [0.25, 0.3) is 5.91 Å². The van der Waals surface area contributed by atoms with E-state index in [1.54, 1.807) is 6.07 Å². The van der Waals surface area contributed by atoms with E-state index in [2.05, 4.69) is 14.7 Å². The lowest BCUT2D eigenvalue weighted by atomic mass is 10.0. The molecule has 0 atom stereocenters. The molecule has 0 saturated carbocycles. The third-order valence-electron chi connectivity index (χ3n) is 2.62. The molecule has 1 aromatic heterocycles. The predicted octanol–water partition coefficient (Wildman–Crippen LogP) is 2.94. The third-order valence-corrected chi connectivity index (χ3v) is 3.20. The lowest BCUT2D eigenvalue weighted by Crippen LogP contribution is -2.11. The van der Waals surface area contributed by atoms with Crippen LogP contribution in [0.1, 0.15) is 10.4 Å². The Kier molecular flexibility index (Phi) is 2.74. The molecule has 3 aromatic rings. The van der Waals surface area contributed by atoms with Crippen LogP contribution in [0.2, 0.25) is 0 Å². The Morgan fingerprint density at radius 3 is 2.78 bits per heavy atom. The van der Waals surface area contributed by atoms with E-state index in [4.69, 9.17) is 0 Å². The van der Waals surface area contributed by atoms with Crippen LogP contribution in [0.3, 0.4) is 0 Å². The van der Waals surface area contributed by atoms with E-state index < -0.39 is 0 Å². The fourth-order valence-electron chi connectivity index (χ4n) is 1.82. The van der Waals surface area contributed by atoms with Gasteiger partial charge in [-0.2, -0.15) is 4.37 Å². The van der Waals surface area contributed by atoms with Gasteiger partial charge in [0.2, 0.25) is 5.13 Å². The molecule has 0 radical (unpaired) electrons. The zero-order chi connectivity index (χ0) is 12.4. The van der Waals surface area contributed by atoms with E-state index in [9.17, 15) is 4.79 Å². The number of carbonyl (C=O) groups is 1. The fourth-order valence-corrected chi connectivity index (χ4v) is 2.24. The molecule has 0 bridgehead atoms. The van der Waals surface area contributed by atoms with E-state index in [0.717, 1.165) is 22.3 Å². The van der Waals surface area contributed by atoms with E-state index in [1.165, 1.54) is 6.33 Å². The van der Waals surface area contributed by atoms with Gasteiger partial charge in [-0.3, -0.25) is 10.1 Å². The summed E-state index contributed by atoms with van der Waals surface area (Å²) >= 11 is 1.16. The van der Waals surface area contributed by atoms with Crippen LogP contribution in [0.25, 0.3) is 10.8 Å². The number of anilines is 1. The maximum Gasteiger partial charge on any atom is 0.258 e. The van der Waals surface area contributed by atoms with E-state index in [0.29, 0.717) is 10.7 Å². The van der Waals surface area contributed by atoms with Gasteiger partial charge < -0.3 is 0 Å². The molecule has 0 spiro atoms. The van der Waals surface area contributed by atoms with Crippen LogP contribution >= 0.6 is 11.5 Å². The largest absolute Gasteiger partial charge is 0.297 e. The summed E-state index contributed by atoms with van der Waals surface area (Å²) in [7, 11) is 0. The van der Waals surface area contributed by atoms with Crippen molar-refractivity contribution in [3.63, 3.8) is 0 Å². The van der Waals surface area contributed by atoms with Gasteiger partial charge in [0.05, 0.1) is 0 Å². The topological polar surface area (TPSA) is 54.9 Å². The van der Waals surface area contributed by atoms with Gasteiger partial charge >= 0.3 is 0 Å². The van der Waals surface area contributed by atoms with Gasteiger partial charge in [0.15, 0.2) is 0 Å². The van der Waals surface area contributed by atoms with Crippen molar-refractivity contribution in [2.24, 2.45) is 0 Å². The van der Waals surface area contributed by atoms with Crippen LogP contribution in [-0.2, 0) is 0 Å². The van der Waals surface area contributed by atoms with Crippen molar-refractivity contribution in [2.45, 2.75) is 0 Å². The summed E-state index contributed by atoms with van der Waals surface area (Å²) in [5.41, 5.74) is 0.642. The van der Waals surface area contributed by atoms with Gasteiger partial charge in [-0.1, -0.05) is 36.4 Å². The van der Waals surface area contributed by atoms with Crippen LogP contribution in [0, 0.1) is 0 Å². The number of fused-ring (bicyclic) bond motifs is 1. The summed E-state index contributed by atoms with van der Waals surface area (Å²) in [5.74, 6) is -0.163. The number of nitrogens with zero attached hydrogens (tertiary/aromatic N) is 2. The van der Waals surface area contributed by atoms with Crippen molar-refractivity contribution < 1.29 is 4.79 Å². The molecule has 5 heteroatoms. The minimum Gasteiger partial charge on any atom is -0.297 e. The van der Waals surface area contributed by atoms with Crippen LogP contribution in [0.15, 0.2) is 48.8 Å². The molecule has 1 N–H and O–H groups in total. The number of nitrogens with one attached hydrogen (secondary N) is 1. The zero-order valence-corrected chi connectivity index (χ0v) is 10.1. The molecule has 0 saturated heterocycles. The molecular formula is C13H9N3OS. The maximum absolute atomic E-state index is 12.2. The summed E-state index contributed by atoms with van der Waals surface area (Å²) in [6, 6.07) is 13.5. The predicted molar refractivity (Wildman–Crippen MR) is 71.8 cm³/mol. The quantitative estimate of drug-likeness (QED) is 0.766. The molecule has 0 unspecified atom stereocenters. The summed E-state index contributed by atoms with van der Waals surface area (Å²) in [6.45, 7) is 0. The first-order chi connectivity index (χ1) is 8.84. The Labute approximate surface area is 107 Å². The van der Waals surface area contributed by atoms with Gasteiger partial charge in [-0.05, 0) is 16.8 Å². The number of carbonyl (C=O) groups excluding carboxylic acids is 1. The lowest BCUT2D eigenvalue weighted by Gasteiger charge is -2.05. The highest BCUT2D eigenvalue weighted by Crippen LogP contribution is 2.19. The molecule has 0 aliphatic rings. The number of aromatic nitrogens is 2. The highest BCUT2D eigenvalue weighted by atomic mass is 32.1. The molecule has 0 fully saturated rings. The van der Waals surface area contributed by atoms with E-state index in [1.807, 2.05) is 36.4 Å². The number of amides is 1.